The Morgan fingerprint density at radius 3 is 2.52 bits per heavy atom. The summed E-state index contributed by atoms with van der Waals surface area (Å²) >= 11 is 0. The molecule has 2 aromatic heterocycles. The van der Waals surface area contributed by atoms with E-state index in [1.165, 1.54) is 0 Å². The molecule has 0 amide bonds. The van der Waals surface area contributed by atoms with Crippen molar-refractivity contribution in [1.82, 2.24) is 14.6 Å². The van der Waals surface area contributed by atoms with Gasteiger partial charge >= 0.3 is 0 Å². The van der Waals surface area contributed by atoms with Gasteiger partial charge in [-0.05, 0) is 23.8 Å². The SMILES string of the molecule is OCc1cccc(-c2cnc3ccc(-c4ccccc4)nn23)c1. The van der Waals surface area contributed by atoms with Gasteiger partial charge in [-0.25, -0.2) is 9.50 Å². The Morgan fingerprint density at radius 2 is 1.70 bits per heavy atom. The second-order valence-corrected chi connectivity index (χ2v) is 5.36. The topological polar surface area (TPSA) is 50.4 Å². The van der Waals surface area contributed by atoms with E-state index in [9.17, 15) is 5.11 Å². The van der Waals surface area contributed by atoms with Crippen LogP contribution in [0.15, 0.2) is 72.9 Å². The number of fused-ring (bicyclic) bond motifs is 1. The first-order valence-electron chi connectivity index (χ1n) is 7.45. The number of benzene rings is 2. The quantitative estimate of drug-likeness (QED) is 0.629. The molecule has 0 aliphatic heterocycles. The lowest BCUT2D eigenvalue weighted by atomic mass is 10.1. The summed E-state index contributed by atoms with van der Waals surface area (Å²) in [4.78, 5) is 4.42. The van der Waals surface area contributed by atoms with E-state index in [0.717, 1.165) is 33.7 Å². The Hall–Kier alpha value is -2.98. The molecule has 2 heterocycles. The van der Waals surface area contributed by atoms with Crippen molar-refractivity contribution in [3.63, 3.8) is 0 Å². The van der Waals surface area contributed by atoms with Crippen molar-refractivity contribution in [2.45, 2.75) is 6.61 Å². The van der Waals surface area contributed by atoms with Crippen molar-refractivity contribution in [3.05, 3.63) is 78.5 Å². The van der Waals surface area contributed by atoms with Crippen LogP contribution < -0.4 is 0 Å². The van der Waals surface area contributed by atoms with Gasteiger partial charge in [0.1, 0.15) is 0 Å². The van der Waals surface area contributed by atoms with Crippen molar-refractivity contribution in [2.75, 3.05) is 0 Å². The maximum Gasteiger partial charge on any atom is 0.154 e. The first-order chi connectivity index (χ1) is 11.3. The van der Waals surface area contributed by atoms with Crippen LogP contribution in [0.4, 0.5) is 0 Å². The molecule has 0 saturated carbocycles. The van der Waals surface area contributed by atoms with E-state index in [1.807, 2.05) is 77.4 Å². The first-order valence-corrected chi connectivity index (χ1v) is 7.45. The van der Waals surface area contributed by atoms with E-state index in [-0.39, 0.29) is 6.61 Å². The van der Waals surface area contributed by atoms with E-state index in [4.69, 9.17) is 5.10 Å². The summed E-state index contributed by atoms with van der Waals surface area (Å²) in [5, 5.41) is 14.1. The van der Waals surface area contributed by atoms with Crippen molar-refractivity contribution in [2.24, 2.45) is 0 Å². The standard InChI is InChI=1S/C19H15N3O/c23-13-14-5-4-8-16(11-14)18-12-20-19-10-9-17(21-22(18)19)15-6-2-1-3-7-15/h1-12,23H,13H2. The van der Waals surface area contributed by atoms with Crippen LogP contribution in [0.2, 0.25) is 0 Å². The maximum absolute atomic E-state index is 9.33. The van der Waals surface area contributed by atoms with Gasteiger partial charge in [0, 0.05) is 11.1 Å². The van der Waals surface area contributed by atoms with Crippen LogP contribution in [0.5, 0.6) is 0 Å². The maximum atomic E-state index is 9.33. The highest BCUT2D eigenvalue weighted by Crippen LogP contribution is 2.23. The van der Waals surface area contributed by atoms with Crippen molar-refractivity contribution < 1.29 is 5.11 Å². The lowest BCUT2D eigenvalue weighted by Crippen LogP contribution is -1.97. The summed E-state index contributed by atoms with van der Waals surface area (Å²) in [6, 6.07) is 21.8. The number of rotatable bonds is 3. The third kappa shape index (κ3) is 2.49. The fourth-order valence-corrected chi connectivity index (χ4v) is 2.66. The molecule has 0 aliphatic rings. The van der Waals surface area contributed by atoms with Gasteiger partial charge in [0.15, 0.2) is 5.65 Å². The first kappa shape index (κ1) is 13.7. The van der Waals surface area contributed by atoms with Crippen molar-refractivity contribution in [1.29, 1.82) is 0 Å². The zero-order valence-electron chi connectivity index (χ0n) is 12.4. The summed E-state index contributed by atoms with van der Waals surface area (Å²) in [6.45, 7) is 0.0211. The second kappa shape index (κ2) is 5.66. The number of aliphatic hydroxyl groups is 1. The van der Waals surface area contributed by atoms with Gasteiger partial charge in [0.05, 0.1) is 24.2 Å². The number of aliphatic hydroxyl groups excluding tert-OH is 1. The molecule has 4 nitrogen and oxygen atoms in total. The number of imidazole rings is 1. The summed E-state index contributed by atoms with van der Waals surface area (Å²) in [5.74, 6) is 0. The van der Waals surface area contributed by atoms with E-state index in [0.29, 0.717) is 0 Å². The van der Waals surface area contributed by atoms with Crippen molar-refractivity contribution in [3.8, 4) is 22.5 Å². The van der Waals surface area contributed by atoms with Gasteiger partial charge in [-0.3, -0.25) is 0 Å². The molecule has 4 rings (SSSR count). The van der Waals surface area contributed by atoms with Gasteiger partial charge in [-0.2, -0.15) is 5.10 Å². The Morgan fingerprint density at radius 1 is 0.870 bits per heavy atom. The van der Waals surface area contributed by atoms with E-state index < -0.39 is 0 Å². The van der Waals surface area contributed by atoms with Gasteiger partial charge in [-0.1, -0.05) is 48.5 Å². The van der Waals surface area contributed by atoms with Crippen LogP contribution in [0, 0.1) is 0 Å². The van der Waals surface area contributed by atoms with Crippen molar-refractivity contribution >= 4 is 5.65 Å². The number of aromatic nitrogens is 3. The molecule has 0 bridgehead atoms. The zero-order valence-corrected chi connectivity index (χ0v) is 12.4. The zero-order chi connectivity index (χ0) is 15.6. The molecule has 0 saturated heterocycles. The predicted octanol–water partition coefficient (Wildman–Crippen LogP) is 3.56. The van der Waals surface area contributed by atoms with Crippen LogP contribution >= 0.6 is 0 Å². The normalized spacial score (nSPS) is 11.0. The van der Waals surface area contributed by atoms with Gasteiger partial charge < -0.3 is 5.11 Å². The predicted molar refractivity (Wildman–Crippen MR) is 89.8 cm³/mol. The smallest absolute Gasteiger partial charge is 0.154 e. The van der Waals surface area contributed by atoms with Gasteiger partial charge in [-0.15, -0.1) is 0 Å². The second-order valence-electron chi connectivity index (χ2n) is 5.36. The monoisotopic (exact) mass is 301 g/mol. The molecular formula is C19H15N3O. The van der Waals surface area contributed by atoms with Gasteiger partial charge in [0.2, 0.25) is 0 Å². The molecular weight excluding hydrogens is 286 g/mol. The highest BCUT2D eigenvalue weighted by Gasteiger charge is 2.09. The Bertz CT molecular complexity index is 961. The van der Waals surface area contributed by atoms with Crippen LogP contribution in [0.3, 0.4) is 0 Å². The van der Waals surface area contributed by atoms with Crippen LogP contribution in [0.25, 0.3) is 28.2 Å². The lowest BCUT2D eigenvalue weighted by Gasteiger charge is -2.05. The Labute approximate surface area is 133 Å². The minimum absolute atomic E-state index is 0.0211. The minimum atomic E-state index is 0.0211. The van der Waals surface area contributed by atoms with Gasteiger partial charge in [0.25, 0.3) is 0 Å². The molecule has 0 unspecified atom stereocenters. The lowest BCUT2D eigenvalue weighted by molar-refractivity contribution is 0.282. The minimum Gasteiger partial charge on any atom is -0.392 e. The molecule has 112 valence electrons. The molecule has 0 fully saturated rings. The Kier molecular flexibility index (Phi) is 3.37. The summed E-state index contributed by atoms with van der Waals surface area (Å²) in [6.07, 6.45) is 1.81. The molecule has 0 radical (unpaired) electrons. The average Bonchev–Trinajstić information content (AvgIpc) is 3.05. The van der Waals surface area contributed by atoms with Crippen LogP contribution in [-0.4, -0.2) is 19.7 Å². The summed E-state index contributed by atoms with van der Waals surface area (Å²) in [7, 11) is 0. The Balaban J connectivity index is 1.88. The largest absolute Gasteiger partial charge is 0.392 e. The summed E-state index contributed by atoms with van der Waals surface area (Å²) in [5.41, 5.74) is 5.54. The molecule has 4 heteroatoms. The van der Waals surface area contributed by atoms with Crippen LogP contribution in [-0.2, 0) is 6.61 Å². The highest BCUT2D eigenvalue weighted by molar-refractivity contribution is 5.66. The third-order valence-electron chi connectivity index (χ3n) is 3.84. The average molecular weight is 301 g/mol. The number of nitrogens with zero attached hydrogens (tertiary/aromatic N) is 3. The van der Waals surface area contributed by atoms with E-state index in [2.05, 4.69) is 4.98 Å². The van der Waals surface area contributed by atoms with E-state index >= 15 is 0 Å². The third-order valence-corrected chi connectivity index (χ3v) is 3.84. The van der Waals surface area contributed by atoms with Crippen LogP contribution in [0.1, 0.15) is 5.56 Å². The highest BCUT2D eigenvalue weighted by atomic mass is 16.3. The number of hydrogen-bond acceptors (Lipinski definition) is 3. The fourth-order valence-electron chi connectivity index (χ4n) is 2.66. The molecule has 1 N–H and O–H groups in total. The molecule has 4 aromatic rings. The molecule has 0 aliphatic carbocycles. The molecule has 0 spiro atoms. The van der Waals surface area contributed by atoms with E-state index in [1.54, 1.807) is 0 Å². The molecule has 23 heavy (non-hydrogen) atoms. The fraction of sp³-hybridized carbons (Fsp3) is 0.0526. The molecule has 2 aromatic carbocycles. The summed E-state index contributed by atoms with van der Waals surface area (Å²) < 4.78 is 1.85. The number of hydrogen-bond donors (Lipinski definition) is 1. The molecule has 0 atom stereocenters.